The first-order valence-corrected chi connectivity index (χ1v) is 3.23. The SMILES string of the molecule is CO/N=C(\CO)C(C)(C)C. The molecule has 0 aromatic carbocycles. The van der Waals surface area contributed by atoms with Crippen LogP contribution in [0.4, 0.5) is 0 Å². The summed E-state index contributed by atoms with van der Waals surface area (Å²) in [7, 11) is 1.47. The molecule has 0 aromatic rings. The van der Waals surface area contributed by atoms with Gasteiger partial charge < -0.3 is 9.94 Å². The standard InChI is InChI=1S/C7H15NO2/c1-7(2,3)6(5-9)8-10-4/h9H,5H2,1-4H3/b8-6+. The second kappa shape index (κ2) is 3.56. The van der Waals surface area contributed by atoms with Crippen molar-refractivity contribution in [1.29, 1.82) is 0 Å². The highest BCUT2D eigenvalue weighted by molar-refractivity contribution is 5.89. The van der Waals surface area contributed by atoms with E-state index in [9.17, 15) is 0 Å². The lowest BCUT2D eigenvalue weighted by Crippen LogP contribution is -2.23. The minimum Gasteiger partial charge on any atom is -0.399 e. The zero-order chi connectivity index (χ0) is 8.20. The molecule has 0 aliphatic rings. The maximum absolute atomic E-state index is 8.78. The number of hydrogen-bond acceptors (Lipinski definition) is 3. The quantitative estimate of drug-likeness (QED) is 0.465. The van der Waals surface area contributed by atoms with Crippen LogP contribution in [0, 0.1) is 5.41 Å². The number of aliphatic hydroxyl groups is 1. The highest BCUT2D eigenvalue weighted by atomic mass is 16.6. The molecule has 0 saturated carbocycles. The average Bonchev–Trinajstić information content (AvgIpc) is 1.80. The van der Waals surface area contributed by atoms with Crippen LogP contribution in [-0.4, -0.2) is 24.5 Å². The summed E-state index contributed by atoms with van der Waals surface area (Å²) in [5.74, 6) is 0. The predicted molar refractivity (Wildman–Crippen MR) is 41.0 cm³/mol. The number of nitrogens with zero attached hydrogens (tertiary/aromatic N) is 1. The fourth-order valence-corrected chi connectivity index (χ4v) is 0.513. The van der Waals surface area contributed by atoms with E-state index < -0.39 is 0 Å². The van der Waals surface area contributed by atoms with E-state index in [1.54, 1.807) is 0 Å². The summed E-state index contributed by atoms with van der Waals surface area (Å²) in [5, 5.41) is 12.5. The van der Waals surface area contributed by atoms with Crippen molar-refractivity contribution >= 4 is 5.71 Å². The van der Waals surface area contributed by atoms with Crippen molar-refractivity contribution in [2.75, 3.05) is 13.7 Å². The number of hydrogen-bond donors (Lipinski definition) is 1. The van der Waals surface area contributed by atoms with Crippen molar-refractivity contribution in [3.8, 4) is 0 Å². The molecule has 0 amide bonds. The summed E-state index contributed by atoms with van der Waals surface area (Å²) in [6.07, 6.45) is 0. The Morgan fingerprint density at radius 1 is 1.50 bits per heavy atom. The van der Waals surface area contributed by atoms with E-state index in [1.165, 1.54) is 7.11 Å². The molecule has 0 fully saturated rings. The largest absolute Gasteiger partial charge is 0.399 e. The zero-order valence-electron chi connectivity index (χ0n) is 7.01. The molecule has 0 heterocycles. The average molecular weight is 145 g/mol. The van der Waals surface area contributed by atoms with Crippen molar-refractivity contribution in [2.24, 2.45) is 10.6 Å². The fourth-order valence-electron chi connectivity index (χ4n) is 0.513. The van der Waals surface area contributed by atoms with Crippen molar-refractivity contribution < 1.29 is 9.94 Å². The Hall–Kier alpha value is -0.570. The Bertz CT molecular complexity index is 124. The number of rotatable bonds is 2. The van der Waals surface area contributed by atoms with E-state index in [0.29, 0.717) is 5.71 Å². The molecular weight excluding hydrogens is 130 g/mol. The van der Waals surface area contributed by atoms with E-state index >= 15 is 0 Å². The Morgan fingerprint density at radius 2 is 2.00 bits per heavy atom. The Balaban J connectivity index is 4.21. The highest BCUT2D eigenvalue weighted by Gasteiger charge is 2.18. The molecule has 10 heavy (non-hydrogen) atoms. The Labute approximate surface area is 61.7 Å². The second-order valence-electron chi connectivity index (χ2n) is 3.13. The monoisotopic (exact) mass is 145 g/mol. The van der Waals surface area contributed by atoms with Gasteiger partial charge in [0.05, 0.1) is 12.3 Å². The molecule has 0 bridgehead atoms. The Morgan fingerprint density at radius 3 is 2.10 bits per heavy atom. The molecule has 1 N–H and O–H groups in total. The summed E-state index contributed by atoms with van der Waals surface area (Å²) in [6.45, 7) is 5.88. The lowest BCUT2D eigenvalue weighted by molar-refractivity contribution is 0.203. The van der Waals surface area contributed by atoms with Gasteiger partial charge in [0.25, 0.3) is 0 Å². The van der Waals surface area contributed by atoms with Crippen LogP contribution < -0.4 is 0 Å². The van der Waals surface area contributed by atoms with E-state index in [-0.39, 0.29) is 12.0 Å². The van der Waals surface area contributed by atoms with E-state index in [0.717, 1.165) is 0 Å². The molecular formula is C7H15NO2. The van der Waals surface area contributed by atoms with Gasteiger partial charge in [0.2, 0.25) is 0 Å². The van der Waals surface area contributed by atoms with Gasteiger partial charge in [-0.25, -0.2) is 0 Å². The van der Waals surface area contributed by atoms with Gasteiger partial charge in [-0.05, 0) is 0 Å². The molecule has 0 unspecified atom stereocenters. The first kappa shape index (κ1) is 9.43. The van der Waals surface area contributed by atoms with Gasteiger partial charge in [-0.2, -0.15) is 0 Å². The van der Waals surface area contributed by atoms with Gasteiger partial charge in [0, 0.05) is 5.41 Å². The maximum atomic E-state index is 8.78. The lowest BCUT2D eigenvalue weighted by atomic mass is 9.91. The van der Waals surface area contributed by atoms with Crippen molar-refractivity contribution in [2.45, 2.75) is 20.8 Å². The van der Waals surface area contributed by atoms with Crippen LogP contribution in [0.1, 0.15) is 20.8 Å². The zero-order valence-corrected chi connectivity index (χ0v) is 7.01. The third-order valence-electron chi connectivity index (χ3n) is 1.22. The topological polar surface area (TPSA) is 41.8 Å². The maximum Gasteiger partial charge on any atom is 0.106 e. The van der Waals surface area contributed by atoms with Crippen LogP contribution in [0.5, 0.6) is 0 Å². The minimum absolute atomic E-state index is 0.0443. The highest BCUT2D eigenvalue weighted by Crippen LogP contribution is 2.15. The summed E-state index contributed by atoms with van der Waals surface area (Å²) < 4.78 is 0. The second-order valence-corrected chi connectivity index (χ2v) is 3.13. The van der Waals surface area contributed by atoms with Crippen LogP contribution in [0.2, 0.25) is 0 Å². The first-order valence-electron chi connectivity index (χ1n) is 3.23. The Kier molecular flexibility index (Phi) is 3.36. The molecule has 0 spiro atoms. The first-order chi connectivity index (χ1) is 4.52. The van der Waals surface area contributed by atoms with Gasteiger partial charge in [-0.1, -0.05) is 25.9 Å². The predicted octanol–water partition coefficient (Wildman–Crippen LogP) is 1.03. The van der Waals surface area contributed by atoms with Gasteiger partial charge in [0.1, 0.15) is 7.11 Å². The van der Waals surface area contributed by atoms with E-state index in [4.69, 9.17) is 5.11 Å². The molecule has 0 aliphatic heterocycles. The number of aliphatic hydroxyl groups excluding tert-OH is 1. The third-order valence-corrected chi connectivity index (χ3v) is 1.22. The van der Waals surface area contributed by atoms with Crippen molar-refractivity contribution in [1.82, 2.24) is 0 Å². The molecule has 3 nitrogen and oxygen atoms in total. The molecule has 0 rings (SSSR count). The molecule has 0 atom stereocenters. The van der Waals surface area contributed by atoms with Crippen LogP contribution in [0.3, 0.4) is 0 Å². The van der Waals surface area contributed by atoms with Gasteiger partial charge in [-0.3, -0.25) is 0 Å². The van der Waals surface area contributed by atoms with Crippen LogP contribution in [-0.2, 0) is 4.84 Å². The molecule has 60 valence electrons. The molecule has 0 radical (unpaired) electrons. The van der Waals surface area contributed by atoms with Crippen molar-refractivity contribution in [3.63, 3.8) is 0 Å². The smallest absolute Gasteiger partial charge is 0.106 e. The molecule has 0 aromatic heterocycles. The summed E-state index contributed by atoms with van der Waals surface area (Å²) in [4.78, 5) is 4.55. The van der Waals surface area contributed by atoms with Crippen LogP contribution in [0.25, 0.3) is 0 Å². The normalized spacial score (nSPS) is 13.5. The van der Waals surface area contributed by atoms with Gasteiger partial charge in [-0.15, -0.1) is 0 Å². The fraction of sp³-hybridized carbons (Fsp3) is 0.857. The van der Waals surface area contributed by atoms with Crippen molar-refractivity contribution in [3.05, 3.63) is 0 Å². The third kappa shape index (κ3) is 2.82. The van der Waals surface area contributed by atoms with Crippen LogP contribution in [0.15, 0.2) is 5.16 Å². The van der Waals surface area contributed by atoms with E-state index in [2.05, 4.69) is 9.99 Å². The molecule has 0 saturated heterocycles. The minimum atomic E-state index is -0.106. The molecule has 3 heteroatoms. The summed E-state index contributed by atoms with van der Waals surface area (Å²) in [6, 6.07) is 0. The summed E-state index contributed by atoms with van der Waals surface area (Å²) >= 11 is 0. The van der Waals surface area contributed by atoms with Gasteiger partial charge >= 0.3 is 0 Å². The van der Waals surface area contributed by atoms with Crippen LogP contribution >= 0.6 is 0 Å². The molecule has 0 aliphatic carbocycles. The lowest BCUT2D eigenvalue weighted by Gasteiger charge is -2.17. The summed E-state index contributed by atoms with van der Waals surface area (Å²) in [5.41, 5.74) is 0.556. The number of oxime groups is 1. The van der Waals surface area contributed by atoms with E-state index in [1.807, 2.05) is 20.8 Å². The van der Waals surface area contributed by atoms with Gasteiger partial charge in [0.15, 0.2) is 0 Å².